The van der Waals surface area contributed by atoms with Crippen LogP contribution in [0.4, 0.5) is 4.39 Å². The second kappa shape index (κ2) is 9.89. The van der Waals surface area contributed by atoms with Crippen LogP contribution in [0.3, 0.4) is 0 Å². The van der Waals surface area contributed by atoms with Crippen LogP contribution in [0.2, 0.25) is 0 Å². The summed E-state index contributed by atoms with van der Waals surface area (Å²) in [4.78, 5) is 28.4. The Bertz CT molecular complexity index is 1470. The zero-order valence-electron chi connectivity index (χ0n) is 18.1. The first kappa shape index (κ1) is 23.2. The molecule has 4 aromatic rings. The Kier molecular flexibility index (Phi) is 6.55. The molecular formula is C26H18FN3O5. The molecule has 3 aromatic carbocycles. The number of halogens is 1. The highest BCUT2D eigenvalue weighted by Crippen LogP contribution is 2.33. The van der Waals surface area contributed by atoms with E-state index in [2.05, 4.69) is 10.3 Å². The molecule has 3 N–H and O–H groups in total. The van der Waals surface area contributed by atoms with Crippen molar-refractivity contribution in [3.63, 3.8) is 0 Å². The van der Waals surface area contributed by atoms with E-state index in [0.717, 1.165) is 6.07 Å². The Labute approximate surface area is 198 Å². The molecule has 1 amide bonds. The molecule has 0 aliphatic heterocycles. The fourth-order valence-corrected chi connectivity index (χ4v) is 3.58. The van der Waals surface area contributed by atoms with Gasteiger partial charge in [-0.3, -0.25) is 9.59 Å². The number of carboxylic acid groups (broad SMARTS) is 1. The average molecular weight is 471 g/mol. The molecule has 0 aliphatic rings. The molecular weight excluding hydrogens is 453 g/mol. The predicted octanol–water partition coefficient (Wildman–Crippen LogP) is 4.34. The van der Waals surface area contributed by atoms with Gasteiger partial charge in [0.25, 0.3) is 5.91 Å². The van der Waals surface area contributed by atoms with Crippen LogP contribution < -0.4 is 10.1 Å². The van der Waals surface area contributed by atoms with E-state index in [4.69, 9.17) is 4.74 Å². The Balaban J connectivity index is 1.62. The summed E-state index contributed by atoms with van der Waals surface area (Å²) in [5.74, 6) is -3.85. The number of carbonyl (C=O) groups excluding carboxylic acids is 1. The van der Waals surface area contributed by atoms with Gasteiger partial charge in [-0.25, -0.2) is 9.37 Å². The lowest BCUT2D eigenvalue weighted by Gasteiger charge is -2.15. The van der Waals surface area contributed by atoms with Crippen LogP contribution in [0.5, 0.6) is 17.2 Å². The number of hydrogen-bond donors (Lipinski definition) is 3. The highest BCUT2D eigenvalue weighted by molar-refractivity contribution is 6.03. The van der Waals surface area contributed by atoms with Crippen LogP contribution in [0, 0.1) is 17.1 Å². The first-order valence-electron chi connectivity index (χ1n) is 10.4. The number of rotatable bonds is 7. The minimum absolute atomic E-state index is 0.0975. The molecule has 8 nitrogen and oxygen atoms in total. The van der Waals surface area contributed by atoms with E-state index in [0.29, 0.717) is 11.5 Å². The molecule has 0 fully saturated rings. The number of aliphatic carboxylic acids is 1. The van der Waals surface area contributed by atoms with Gasteiger partial charge in [0.2, 0.25) is 0 Å². The fourth-order valence-electron chi connectivity index (χ4n) is 3.58. The van der Waals surface area contributed by atoms with Gasteiger partial charge in [-0.2, -0.15) is 5.26 Å². The van der Waals surface area contributed by atoms with E-state index >= 15 is 0 Å². The zero-order valence-corrected chi connectivity index (χ0v) is 18.1. The molecule has 0 saturated heterocycles. The normalized spacial score (nSPS) is 11.4. The first-order chi connectivity index (χ1) is 16.9. The summed E-state index contributed by atoms with van der Waals surface area (Å²) < 4.78 is 19.8. The number of carboxylic acids is 1. The Morgan fingerprint density at radius 1 is 1.03 bits per heavy atom. The summed E-state index contributed by atoms with van der Waals surface area (Å²) in [5.41, 5.74) is -0.687. The van der Waals surface area contributed by atoms with Crippen molar-refractivity contribution in [3.8, 4) is 23.3 Å². The van der Waals surface area contributed by atoms with Crippen LogP contribution in [0.1, 0.15) is 27.7 Å². The second-order valence-corrected chi connectivity index (χ2v) is 7.51. The van der Waals surface area contributed by atoms with E-state index in [1.807, 2.05) is 12.1 Å². The van der Waals surface area contributed by atoms with Crippen molar-refractivity contribution in [2.75, 3.05) is 6.54 Å². The molecule has 0 radical (unpaired) electrons. The number of nitriles is 1. The van der Waals surface area contributed by atoms with Gasteiger partial charge in [-0.1, -0.05) is 36.4 Å². The minimum atomic E-state index is -1.36. The standard InChI is InChI=1S/C26H18FN3O5/c27-21-9-5-4-8-17(21)20(26(33)34)14-29-25(32)23-24(31)18-11-10-16(12-19(18)22(13-28)30-23)35-15-6-2-1-3-7-15/h1-12,20,31H,14H2,(H,29,32)(H,33,34). The van der Waals surface area contributed by atoms with E-state index in [1.54, 1.807) is 30.3 Å². The number of pyridine rings is 1. The summed E-state index contributed by atoms with van der Waals surface area (Å²) in [6.07, 6.45) is 0. The summed E-state index contributed by atoms with van der Waals surface area (Å²) >= 11 is 0. The summed E-state index contributed by atoms with van der Waals surface area (Å²) in [6.45, 7) is -0.458. The van der Waals surface area contributed by atoms with Crippen molar-refractivity contribution in [2.45, 2.75) is 5.92 Å². The third kappa shape index (κ3) is 4.86. The molecule has 1 atom stereocenters. The van der Waals surface area contributed by atoms with Gasteiger partial charge in [0.1, 0.15) is 35.0 Å². The average Bonchev–Trinajstić information content (AvgIpc) is 2.86. The Morgan fingerprint density at radius 2 is 1.74 bits per heavy atom. The SMILES string of the molecule is N#Cc1nc(C(=O)NCC(C(=O)O)c2ccccc2F)c(O)c2ccc(Oc3ccccc3)cc12. The van der Waals surface area contributed by atoms with Gasteiger partial charge in [-0.15, -0.1) is 0 Å². The van der Waals surface area contributed by atoms with Crippen LogP contribution >= 0.6 is 0 Å². The Morgan fingerprint density at radius 3 is 2.43 bits per heavy atom. The first-order valence-corrected chi connectivity index (χ1v) is 10.4. The van der Waals surface area contributed by atoms with Crippen molar-refractivity contribution in [1.29, 1.82) is 5.26 Å². The van der Waals surface area contributed by atoms with Crippen LogP contribution in [0.25, 0.3) is 10.8 Å². The van der Waals surface area contributed by atoms with Crippen molar-refractivity contribution in [2.24, 2.45) is 0 Å². The molecule has 35 heavy (non-hydrogen) atoms. The second-order valence-electron chi connectivity index (χ2n) is 7.51. The van der Waals surface area contributed by atoms with Gasteiger partial charge in [0.05, 0.1) is 0 Å². The van der Waals surface area contributed by atoms with Crippen molar-refractivity contribution in [1.82, 2.24) is 10.3 Å². The Hall–Kier alpha value is -4.97. The van der Waals surface area contributed by atoms with E-state index < -0.39 is 41.6 Å². The third-order valence-electron chi connectivity index (χ3n) is 5.29. The molecule has 0 aliphatic carbocycles. The van der Waals surface area contributed by atoms with Crippen LogP contribution in [-0.4, -0.2) is 33.6 Å². The molecule has 1 aromatic heterocycles. The lowest BCUT2D eigenvalue weighted by molar-refractivity contribution is -0.138. The number of carbonyl (C=O) groups is 2. The maximum Gasteiger partial charge on any atom is 0.312 e. The number of para-hydroxylation sites is 1. The number of nitrogens with zero attached hydrogens (tertiary/aromatic N) is 2. The predicted molar refractivity (Wildman–Crippen MR) is 124 cm³/mol. The molecule has 0 bridgehead atoms. The quantitative estimate of drug-likeness (QED) is 0.365. The van der Waals surface area contributed by atoms with Gasteiger partial charge >= 0.3 is 5.97 Å². The number of amides is 1. The zero-order chi connectivity index (χ0) is 24.9. The number of ether oxygens (including phenoxy) is 1. The smallest absolute Gasteiger partial charge is 0.312 e. The molecule has 174 valence electrons. The van der Waals surface area contributed by atoms with Gasteiger partial charge in [0, 0.05) is 22.9 Å². The maximum atomic E-state index is 14.1. The number of fused-ring (bicyclic) bond motifs is 1. The summed E-state index contributed by atoms with van der Waals surface area (Å²) in [5, 5.41) is 32.6. The van der Waals surface area contributed by atoms with Crippen LogP contribution in [0.15, 0.2) is 72.8 Å². The third-order valence-corrected chi connectivity index (χ3v) is 5.29. The summed E-state index contributed by atoms with van der Waals surface area (Å²) in [6, 6.07) is 20.8. The van der Waals surface area contributed by atoms with E-state index in [9.17, 15) is 29.5 Å². The summed E-state index contributed by atoms with van der Waals surface area (Å²) in [7, 11) is 0. The topological polar surface area (TPSA) is 133 Å². The monoisotopic (exact) mass is 471 g/mol. The van der Waals surface area contributed by atoms with Crippen LogP contribution in [-0.2, 0) is 4.79 Å². The maximum absolute atomic E-state index is 14.1. The number of aromatic nitrogens is 1. The van der Waals surface area contributed by atoms with Crippen molar-refractivity contribution >= 4 is 22.6 Å². The van der Waals surface area contributed by atoms with Gasteiger partial charge < -0.3 is 20.3 Å². The number of aromatic hydroxyl groups is 1. The highest BCUT2D eigenvalue weighted by atomic mass is 19.1. The van der Waals surface area contributed by atoms with Gasteiger partial charge in [-0.05, 0) is 36.4 Å². The lowest BCUT2D eigenvalue weighted by atomic mass is 9.98. The van der Waals surface area contributed by atoms with Gasteiger partial charge in [0.15, 0.2) is 11.4 Å². The highest BCUT2D eigenvalue weighted by Gasteiger charge is 2.26. The minimum Gasteiger partial charge on any atom is -0.505 e. The van der Waals surface area contributed by atoms with E-state index in [-0.39, 0.29) is 22.0 Å². The van der Waals surface area contributed by atoms with E-state index in [1.165, 1.54) is 30.3 Å². The molecule has 9 heteroatoms. The number of hydrogen-bond acceptors (Lipinski definition) is 6. The number of nitrogens with one attached hydrogen (secondary N) is 1. The fraction of sp³-hybridized carbons (Fsp3) is 0.0769. The number of benzene rings is 3. The molecule has 1 unspecified atom stereocenters. The molecule has 0 saturated carbocycles. The molecule has 1 heterocycles. The molecule has 4 rings (SSSR count). The lowest BCUT2D eigenvalue weighted by Crippen LogP contribution is -2.32. The largest absolute Gasteiger partial charge is 0.505 e. The van der Waals surface area contributed by atoms with Crippen molar-refractivity contribution in [3.05, 3.63) is 95.6 Å². The molecule has 0 spiro atoms. The van der Waals surface area contributed by atoms with Crippen molar-refractivity contribution < 1.29 is 28.9 Å².